The molecule has 3 amide bonds. The normalized spacial score (nSPS) is 25.0. The molecule has 0 saturated heterocycles. The zero-order valence-electron chi connectivity index (χ0n) is 23.6. The van der Waals surface area contributed by atoms with E-state index < -0.39 is 6.04 Å². The number of amides is 3. The van der Waals surface area contributed by atoms with Crippen LogP contribution in [0.4, 0.5) is 10.5 Å². The molecule has 3 rings (SSSR count). The number of aliphatic hydroxyl groups is 1. The topological polar surface area (TPSA) is 112 Å². The lowest BCUT2D eigenvalue weighted by Crippen LogP contribution is -2.47. The number of hydrogen-bond acceptors (Lipinski definition) is 6. The molecule has 4 atom stereocenters. The van der Waals surface area contributed by atoms with Crippen molar-refractivity contribution in [2.45, 2.75) is 96.4 Å². The molecular formula is C29H48N4O5. The van der Waals surface area contributed by atoms with E-state index in [9.17, 15) is 14.7 Å². The third-order valence-corrected chi connectivity index (χ3v) is 7.66. The first-order chi connectivity index (χ1) is 18.3. The summed E-state index contributed by atoms with van der Waals surface area (Å²) in [4.78, 5) is 28.4. The molecule has 0 aromatic heterocycles. The number of likely N-dealkylation sites (N-methyl/N-ethyl adjacent to an activating group) is 1. The first kappa shape index (κ1) is 30.2. The third-order valence-electron chi connectivity index (χ3n) is 7.66. The van der Waals surface area contributed by atoms with Crippen LogP contribution in [0.3, 0.4) is 0 Å². The van der Waals surface area contributed by atoms with E-state index in [2.05, 4.69) is 22.9 Å². The van der Waals surface area contributed by atoms with Gasteiger partial charge in [0.05, 0.1) is 30.4 Å². The molecular weight excluding hydrogens is 484 g/mol. The minimum atomic E-state index is -0.399. The molecule has 0 spiro atoms. The highest BCUT2D eigenvalue weighted by Crippen LogP contribution is 2.28. The van der Waals surface area contributed by atoms with E-state index in [0.29, 0.717) is 36.7 Å². The maximum atomic E-state index is 14.0. The zero-order chi connectivity index (χ0) is 27.5. The van der Waals surface area contributed by atoms with Gasteiger partial charge in [-0.1, -0.05) is 26.2 Å². The van der Waals surface area contributed by atoms with Crippen molar-refractivity contribution in [2.75, 3.05) is 38.7 Å². The number of anilines is 1. The predicted octanol–water partition coefficient (Wildman–Crippen LogP) is 4.16. The van der Waals surface area contributed by atoms with Crippen LogP contribution in [0.2, 0.25) is 0 Å². The highest BCUT2D eigenvalue weighted by molar-refractivity contribution is 5.99. The summed E-state index contributed by atoms with van der Waals surface area (Å²) in [5, 5.41) is 19.2. The van der Waals surface area contributed by atoms with Crippen LogP contribution in [0.25, 0.3) is 0 Å². The van der Waals surface area contributed by atoms with Gasteiger partial charge in [-0.25, -0.2) is 4.79 Å². The molecule has 1 heterocycles. The fourth-order valence-electron chi connectivity index (χ4n) is 5.29. The number of aliphatic hydroxyl groups excluding tert-OH is 1. The van der Waals surface area contributed by atoms with Crippen molar-refractivity contribution >= 4 is 17.6 Å². The summed E-state index contributed by atoms with van der Waals surface area (Å²) in [6.45, 7) is 7.51. The average Bonchev–Trinajstić information content (AvgIpc) is 2.90. The summed E-state index contributed by atoms with van der Waals surface area (Å²) in [5.41, 5.74) is 0.909. The van der Waals surface area contributed by atoms with Gasteiger partial charge in [0.1, 0.15) is 5.75 Å². The van der Waals surface area contributed by atoms with E-state index in [-0.39, 0.29) is 42.7 Å². The molecule has 9 heteroatoms. The zero-order valence-corrected chi connectivity index (χ0v) is 23.6. The van der Waals surface area contributed by atoms with Gasteiger partial charge >= 0.3 is 6.03 Å². The summed E-state index contributed by atoms with van der Waals surface area (Å²) < 4.78 is 12.5. The molecule has 1 aliphatic carbocycles. The lowest BCUT2D eigenvalue weighted by Gasteiger charge is -2.34. The number of urea groups is 1. The summed E-state index contributed by atoms with van der Waals surface area (Å²) in [5.74, 6) is 0.287. The highest BCUT2D eigenvalue weighted by Gasteiger charge is 2.30. The largest absolute Gasteiger partial charge is 0.490 e. The van der Waals surface area contributed by atoms with E-state index >= 15 is 0 Å². The number of rotatable bonds is 6. The Kier molecular flexibility index (Phi) is 12.1. The Hall–Kier alpha value is -2.36. The Labute approximate surface area is 228 Å². The average molecular weight is 533 g/mol. The van der Waals surface area contributed by atoms with Crippen molar-refractivity contribution in [3.05, 3.63) is 23.8 Å². The molecule has 0 unspecified atom stereocenters. The van der Waals surface area contributed by atoms with Crippen LogP contribution in [0.1, 0.15) is 82.5 Å². The number of nitrogens with zero attached hydrogens (tertiary/aromatic N) is 1. The van der Waals surface area contributed by atoms with Crippen molar-refractivity contribution in [1.82, 2.24) is 15.5 Å². The monoisotopic (exact) mass is 532 g/mol. The summed E-state index contributed by atoms with van der Waals surface area (Å²) in [6.07, 6.45) is 8.04. The predicted molar refractivity (Wildman–Crippen MR) is 150 cm³/mol. The highest BCUT2D eigenvalue weighted by atomic mass is 16.5. The minimum Gasteiger partial charge on any atom is -0.490 e. The molecule has 1 fully saturated rings. The van der Waals surface area contributed by atoms with Crippen LogP contribution in [-0.4, -0.2) is 79.6 Å². The molecule has 1 aromatic rings. The molecule has 38 heavy (non-hydrogen) atoms. The lowest BCUT2D eigenvalue weighted by molar-refractivity contribution is -0.000451. The Morgan fingerprint density at radius 3 is 2.58 bits per heavy atom. The Morgan fingerprint density at radius 2 is 1.87 bits per heavy atom. The van der Waals surface area contributed by atoms with Crippen LogP contribution in [-0.2, 0) is 4.74 Å². The van der Waals surface area contributed by atoms with E-state index in [4.69, 9.17) is 9.47 Å². The molecule has 4 N–H and O–H groups in total. The van der Waals surface area contributed by atoms with Gasteiger partial charge in [-0.3, -0.25) is 4.79 Å². The molecule has 9 nitrogen and oxygen atoms in total. The minimum absolute atomic E-state index is 0.0363. The van der Waals surface area contributed by atoms with Gasteiger partial charge in [0.25, 0.3) is 5.91 Å². The number of carbonyl (C=O) groups excluding carboxylic acids is 2. The number of carbonyl (C=O) groups is 2. The molecule has 0 bridgehead atoms. The number of nitrogens with one attached hydrogen (secondary N) is 3. The first-order valence-electron chi connectivity index (χ1n) is 14.4. The van der Waals surface area contributed by atoms with Crippen LogP contribution in [0, 0.1) is 5.92 Å². The van der Waals surface area contributed by atoms with Gasteiger partial charge in [-0.2, -0.15) is 0 Å². The maximum Gasteiger partial charge on any atom is 0.319 e. The second-order valence-corrected chi connectivity index (χ2v) is 11.0. The van der Waals surface area contributed by atoms with Gasteiger partial charge in [0, 0.05) is 37.3 Å². The van der Waals surface area contributed by atoms with E-state index in [1.54, 1.807) is 23.1 Å². The fourth-order valence-corrected chi connectivity index (χ4v) is 5.29. The fraction of sp³-hybridized carbons (Fsp3) is 0.724. The maximum absolute atomic E-state index is 14.0. The van der Waals surface area contributed by atoms with Crippen molar-refractivity contribution in [1.29, 1.82) is 0 Å². The lowest BCUT2D eigenvalue weighted by atomic mass is 9.96. The summed E-state index contributed by atoms with van der Waals surface area (Å²) >= 11 is 0. The molecule has 1 saturated carbocycles. The van der Waals surface area contributed by atoms with E-state index in [0.717, 1.165) is 44.9 Å². The molecule has 2 aliphatic rings. The number of ether oxygens (including phenoxy) is 2. The second-order valence-electron chi connectivity index (χ2n) is 11.0. The quantitative estimate of drug-likeness (QED) is 0.438. The smallest absolute Gasteiger partial charge is 0.319 e. The Morgan fingerprint density at radius 1 is 1.13 bits per heavy atom. The van der Waals surface area contributed by atoms with Crippen molar-refractivity contribution < 1.29 is 24.2 Å². The van der Waals surface area contributed by atoms with Gasteiger partial charge in [-0.05, 0) is 71.2 Å². The second kappa shape index (κ2) is 15.3. The van der Waals surface area contributed by atoms with Gasteiger partial charge in [0.15, 0.2) is 0 Å². The van der Waals surface area contributed by atoms with Crippen LogP contribution in [0.5, 0.6) is 5.75 Å². The number of benzene rings is 1. The SMILES string of the molecule is CNC[C@@H]1OCCCC[C@@H](C)Oc2ccc(NC(=O)NC3CCCCC3)cc2C(=O)N([C@H](C)CO)C[C@@H]1C. The molecule has 1 aliphatic heterocycles. The summed E-state index contributed by atoms with van der Waals surface area (Å²) in [6, 6.07) is 4.76. The van der Waals surface area contributed by atoms with Crippen LogP contribution >= 0.6 is 0 Å². The van der Waals surface area contributed by atoms with Crippen LogP contribution < -0.4 is 20.7 Å². The van der Waals surface area contributed by atoms with Crippen molar-refractivity contribution in [2.24, 2.45) is 5.92 Å². The standard InChI is InChI=1S/C29H48N4O5/c1-20-18-33(21(2)19-34)28(35)25-16-24(32-29(36)31-23-11-6-5-7-12-23)13-14-26(25)38-22(3)10-8-9-15-37-27(20)17-30-4/h13-14,16,20-23,27,30,34H,5-12,15,17-19H2,1-4H3,(H2,31,32,36)/t20-,21+,22+,27-/m0/s1. The van der Waals surface area contributed by atoms with Crippen molar-refractivity contribution in [3.8, 4) is 5.75 Å². The van der Waals surface area contributed by atoms with Crippen molar-refractivity contribution in [3.63, 3.8) is 0 Å². The van der Waals surface area contributed by atoms with Gasteiger partial charge in [0.2, 0.25) is 0 Å². The Balaban J connectivity index is 1.89. The van der Waals surface area contributed by atoms with E-state index in [1.807, 2.05) is 20.9 Å². The third kappa shape index (κ3) is 8.85. The molecule has 1 aromatic carbocycles. The molecule has 214 valence electrons. The van der Waals surface area contributed by atoms with Gasteiger partial charge in [-0.15, -0.1) is 0 Å². The van der Waals surface area contributed by atoms with Crippen LogP contribution in [0.15, 0.2) is 18.2 Å². The first-order valence-corrected chi connectivity index (χ1v) is 14.4. The molecule has 0 radical (unpaired) electrons. The van der Waals surface area contributed by atoms with E-state index in [1.165, 1.54) is 6.42 Å². The number of hydrogen-bond donors (Lipinski definition) is 4. The Bertz CT molecular complexity index is 892. The number of fused-ring (bicyclic) bond motifs is 1. The summed E-state index contributed by atoms with van der Waals surface area (Å²) in [7, 11) is 1.90. The van der Waals surface area contributed by atoms with Gasteiger partial charge < -0.3 is 35.4 Å².